The summed E-state index contributed by atoms with van der Waals surface area (Å²) in [4.78, 5) is 24.9. The molecule has 0 aromatic heterocycles. The van der Waals surface area contributed by atoms with Crippen LogP contribution in [0.15, 0.2) is 66.7 Å². The minimum atomic E-state index is -0.693. The van der Waals surface area contributed by atoms with Gasteiger partial charge in [-0.2, -0.15) is 0 Å². The van der Waals surface area contributed by atoms with Gasteiger partial charge in [-0.3, -0.25) is 4.79 Å². The van der Waals surface area contributed by atoms with E-state index < -0.39 is 12.1 Å². The van der Waals surface area contributed by atoms with Crippen molar-refractivity contribution in [1.82, 2.24) is 0 Å². The molecule has 0 unspecified atom stereocenters. The van der Waals surface area contributed by atoms with E-state index in [4.69, 9.17) is 9.47 Å². The molecule has 0 radical (unpaired) electrons. The molecule has 28 heavy (non-hydrogen) atoms. The van der Waals surface area contributed by atoms with Crippen LogP contribution in [-0.4, -0.2) is 24.6 Å². The summed E-state index contributed by atoms with van der Waals surface area (Å²) in [6.07, 6.45) is -0.211. The number of nitrogens with one attached hydrogen (secondary N) is 1. The highest BCUT2D eigenvalue weighted by Crippen LogP contribution is 2.27. The molecule has 5 heteroatoms. The van der Waals surface area contributed by atoms with Crippen molar-refractivity contribution in [2.75, 3.05) is 11.9 Å². The van der Waals surface area contributed by atoms with Gasteiger partial charge in [0.25, 0.3) is 5.91 Å². The van der Waals surface area contributed by atoms with Crippen LogP contribution in [0, 0.1) is 0 Å². The van der Waals surface area contributed by atoms with Gasteiger partial charge in [0.1, 0.15) is 5.75 Å². The average Bonchev–Trinajstić information content (AvgIpc) is 2.72. The van der Waals surface area contributed by atoms with Crippen molar-refractivity contribution in [2.24, 2.45) is 0 Å². The largest absolute Gasteiger partial charge is 0.480 e. The van der Waals surface area contributed by atoms with Gasteiger partial charge >= 0.3 is 5.97 Å². The first-order valence-electron chi connectivity index (χ1n) is 9.35. The van der Waals surface area contributed by atoms with E-state index in [1.165, 1.54) is 0 Å². The van der Waals surface area contributed by atoms with Gasteiger partial charge in [0, 0.05) is 5.39 Å². The minimum absolute atomic E-state index is 0.267. The van der Waals surface area contributed by atoms with Gasteiger partial charge < -0.3 is 14.8 Å². The second-order valence-corrected chi connectivity index (χ2v) is 6.25. The maximum atomic E-state index is 12.8. The first-order chi connectivity index (χ1) is 13.6. The molecule has 5 nitrogen and oxygen atoms in total. The Balaban J connectivity index is 1.80. The van der Waals surface area contributed by atoms with Gasteiger partial charge in [-0.1, -0.05) is 55.5 Å². The molecule has 0 aliphatic heterocycles. The number of anilines is 1. The molecule has 0 aliphatic rings. The fraction of sp³-hybridized carbons (Fsp3) is 0.217. The maximum Gasteiger partial charge on any atom is 0.340 e. The summed E-state index contributed by atoms with van der Waals surface area (Å²) in [5, 5.41) is 4.80. The zero-order valence-electron chi connectivity index (χ0n) is 16.0. The third kappa shape index (κ3) is 4.31. The molecular formula is C23H23NO4. The van der Waals surface area contributed by atoms with Gasteiger partial charge in [0.2, 0.25) is 0 Å². The summed E-state index contributed by atoms with van der Waals surface area (Å²) in [5.41, 5.74) is 0.726. The SMILES string of the molecule is CCOC(=O)c1ccccc1NC(=O)[C@H](CC)Oc1cccc2ccccc12. The van der Waals surface area contributed by atoms with E-state index in [2.05, 4.69) is 5.32 Å². The summed E-state index contributed by atoms with van der Waals surface area (Å²) in [6.45, 7) is 3.89. The van der Waals surface area contributed by atoms with E-state index in [9.17, 15) is 9.59 Å². The minimum Gasteiger partial charge on any atom is -0.480 e. The average molecular weight is 377 g/mol. The highest BCUT2D eigenvalue weighted by Gasteiger charge is 2.22. The molecule has 3 rings (SSSR count). The standard InChI is InChI=1S/C23H23NO4/c1-3-20(28-21-15-9-11-16-10-5-6-12-17(16)21)22(25)24-19-14-8-7-13-18(19)23(26)27-4-2/h5-15,20H,3-4H2,1-2H3,(H,24,25)/t20-/m0/s1. The lowest BCUT2D eigenvalue weighted by Gasteiger charge is -2.19. The first-order valence-corrected chi connectivity index (χ1v) is 9.35. The molecule has 1 amide bonds. The molecule has 0 aliphatic carbocycles. The highest BCUT2D eigenvalue weighted by atomic mass is 16.5. The van der Waals surface area contributed by atoms with Crippen molar-refractivity contribution < 1.29 is 19.1 Å². The molecule has 0 saturated heterocycles. The Hall–Kier alpha value is -3.34. The number of rotatable bonds is 7. The van der Waals surface area contributed by atoms with Crippen molar-refractivity contribution >= 4 is 28.3 Å². The van der Waals surface area contributed by atoms with Crippen LogP contribution in [-0.2, 0) is 9.53 Å². The molecule has 0 saturated carbocycles. The lowest BCUT2D eigenvalue weighted by atomic mass is 10.1. The lowest BCUT2D eigenvalue weighted by Crippen LogP contribution is -2.33. The fourth-order valence-electron chi connectivity index (χ4n) is 2.97. The molecule has 1 atom stereocenters. The van der Waals surface area contributed by atoms with Crippen molar-refractivity contribution in [3.05, 3.63) is 72.3 Å². The Kier molecular flexibility index (Phi) is 6.27. The summed E-state index contributed by atoms with van der Waals surface area (Å²) in [6, 6.07) is 20.4. The number of hydrogen-bond donors (Lipinski definition) is 1. The molecule has 3 aromatic rings. The smallest absolute Gasteiger partial charge is 0.340 e. The summed E-state index contributed by atoms with van der Waals surface area (Å²) >= 11 is 0. The fourth-order valence-corrected chi connectivity index (χ4v) is 2.97. The Morgan fingerprint density at radius 3 is 2.43 bits per heavy atom. The molecule has 0 heterocycles. The van der Waals surface area contributed by atoms with Crippen molar-refractivity contribution in [1.29, 1.82) is 0 Å². The third-order valence-electron chi connectivity index (χ3n) is 4.36. The van der Waals surface area contributed by atoms with Gasteiger partial charge in [-0.15, -0.1) is 0 Å². The lowest BCUT2D eigenvalue weighted by molar-refractivity contribution is -0.122. The number of benzene rings is 3. The van der Waals surface area contributed by atoms with Crippen molar-refractivity contribution in [3.63, 3.8) is 0 Å². The number of esters is 1. The van der Waals surface area contributed by atoms with Crippen LogP contribution < -0.4 is 10.1 Å². The highest BCUT2D eigenvalue weighted by molar-refractivity contribution is 6.02. The van der Waals surface area contributed by atoms with Crippen molar-refractivity contribution in [3.8, 4) is 5.75 Å². The van der Waals surface area contributed by atoms with E-state index in [1.54, 1.807) is 31.2 Å². The summed E-state index contributed by atoms with van der Waals surface area (Å²) in [5.74, 6) is -0.132. The molecular weight excluding hydrogens is 354 g/mol. The normalized spacial score (nSPS) is 11.6. The second kappa shape index (κ2) is 9.04. The zero-order valence-corrected chi connectivity index (χ0v) is 16.0. The van der Waals surface area contributed by atoms with Crippen LogP contribution in [0.3, 0.4) is 0 Å². The quantitative estimate of drug-likeness (QED) is 0.600. The Labute approximate surface area is 164 Å². The summed E-state index contributed by atoms with van der Waals surface area (Å²) in [7, 11) is 0. The van der Waals surface area contributed by atoms with Gasteiger partial charge in [-0.25, -0.2) is 4.79 Å². The second-order valence-electron chi connectivity index (χ2n) is 6.25. The van der Waals surface area contributed by atoms with Crippen LogP contribution in [0.2, 0.25) is 0 Å². The Bertz CT molecular complexity index is 978. The van der Waals surface area contributed by atoms with E-state index in [0.717, 1.165) is 10.8 Å². The number of amides is 1. The van der Waals surface area contributed by atoms with Crippen LogP contribution >= 0.6 is 0 Å². The topological polar surface area (TPSA) is 64.6 Å². The molecule has 144 valence electrons. The van der Waals surface area contributed by atoms with Gasteiger partial charge in [-0.05, 0) is 36.9 Å². The molecule has 0 bridgehead atoms. The van der Waals surface area contributed by atoms with E-state index in [1.807, 2.05) is 49.4 Å². The molecule has 0 fully saturated rings. The van der Waals surface area contributed by atoms with Crippen LogP contribution in [0.25, 0.3) is 10.8 Å². The number of ether oxygens (including phenoxy) is 2. The van der Waals surface area contributed by atoms with Gasteiger partial charge in [0.05, 0.1) is 17.9 Å². The number of fused-ring (bicyclic) bond motifs is 1. The van der Waals surface area contributed by atoms with E-state index in [0.29, 0.717) is 23.4 Å². The zero-order chi connectivity index (χ0) is 19.9. The molecule has 3 aromatic carbocycles. The van der Waals surface area contributed by atoms with Crippen LogP contribution in [0.4, 0.5) is 5.69 Å². The number of carbonyl (C=O) groups is 2. The summed E-state index contributed by atoms with van der Waals surface area (Å²) < 4.78 is 11.1. The van der Waals surface area contributed by atoms with E-state index in [-0.39, 0.29) is 12.5 Å². The molecule has 1 N–H and O–H groups in total. The van der Waals surface area contributed by atoms with Crippen molar-refractivity contribution in [2.45, 2.75) is 26.4 Å². The number of hydrogen-bond acceptors (Lipinski definition) is 4. The molecule has 0 spiro atoms. The third-order valence-corrected chi connectivity index (χ3v) is 4.36. The predicted octanol–water partition coefficient (Wildman–Crippen LogP) is 4.81. The maximum absolute atomic E-state index is 12.8. The van der Waals surface area contributed by atoms with Gasteiger partial charge in [0.15, 0.2) is 6.10 Å². The Morgan fingerprint density at radius 2 is 1.64 bits per heavy atom. The van der Waals surface area contributed by atoms with Crippen LogP contribution in [0.5, 0.6) is 5.75 Å². The number of carbonyl (C=O) groups excluding carboxylic acids is 2. The Morgan fingerprint density at radius 1 is 0.929 bits per heavy atom. The van der Waals surface area contributed by atoms with Crippen LogP contribution in [0.1, 0.15) is 30.6 Å². The first kappa shape index (κ1) is 19.4. The van der Waals surface area contributed by atoms with E-state index >= 15 is 0 Å². The predicted molar refractivity (Wildman–Crippen MR) is 110 cm³/mol. The monoisotopic (exact) mass is 377 g/mol. The number of para-hydroxylation sites is 1.